The van der Waals surface area contributed by atoms with Gasteiger partial charge in [-0.2, -0.15) is 0 Å². The molecule has 0 aliphatic carbocycles. The average molecular weight is 340 g/mol. The summed E-state index contributed by atoms with van der Waals surface area (Å²) >= 11 is 0. The molecule has 1 fully saturated rings. The Morgan fingerprint density at radius 3 is 2.68 bits per heavy atom. The summed E-state index contributed by atoms with van der Waals surface area (Å²) in [6, 6.07) is 8.18. The lowest BCUT2D eigenvalue weighted by Crippen LogP contribution is -2.47. The molecule has 0 bridgehead atoms. The first-order chi connectivity index (χ1) is 12.3. The zero-order chi connectivity index (χ0) is 17.2. The van der Waals surface area contributed by atoms with Gasteiger partial charge in [0, 0.05) is 26.2 Å². The molecular weight excluding hydrogens is 316 g/mol. The Balaban J connectivity index is 1.90. The van der Waals surface area contributed by atoms with E-state index < -0.39 is 0 Å². The van der Waals surface area contributed by atoms with Crippen molar-refractivity contribution >= 4 is 11.5 Å². The first-order valence-corrected chi connectivity index (χ1v) is 8.98. The largest absolute Gasteiger partial charge is 0.379 e. The van der Waals surface area contributed by atoms with Crippen molar-refractivity contribution in [3.8, 4) is 5.69 Å². The molecule has 2 aliphatic rings. The lowest BCUT2D eigenvalue weighted by Gasteiger charge is -2.37. The van der Waals surface area contributed by atoms with Crippen molar-refractivity contribution in [2.24, 2.45) is 4.99 Å². The predicted molar refractivity (Wildman–Crippen MR) is 96.5 cm³/mol. The number of ether oxygens (including phenoxy) is 1. The van der Waals surface area contributed by atoms with Crippen LogP contribution >= 0.6 is 0 Å². The van der Waals surface area contributed by atoms with E-state index in [0.29, 0.717) is 0 Å². The molecule has 2 aromatic rings. The van der Waals surface area contributed by atoms with Crippen molar-refractivity contribution < 1.29 is 4.74 Å². The van der Waals surface area contributed by atoms with Gasteiger partial charge in [-0.15, -0.1) is 10.2 Å². The molecule has 132 valence electrons. The number of rotatable bonds is 3. The molecule has 25 heavy (non-hydrogen) atoms. The Morgan fingerprint density at radius 1 is 1.16 bits per heavy atom. The number of aromatic nitrogens is 3. The van der Waals surface area contributed by atoms with Gasteiger partial charge < -0.3 is 9.64 Å². The van der Waals surface area contributed by atoms with Crippen LogP contribution in [-0.2, 0) is 4.74 Å². The van der Waals surface area contributed by atoms with Gasteiger partial charge in [0.15, 0.2) is 5.82 Å². The highest BCUT2D eigenvalue weighted by atomic mass is 16.5. The zero-order valence-electron chi connectivity index (χ0n) is 14.8. The van der Waals surface area contributed by atoms with Gasteiger partial charge in [-0.1, -0.05) is 12.1 Å². The standard InChI is InChI=1S/C18H24N6O/c1-3-22(4-2)17-16(23-9-11-25-12-10-23)18-21-19-13-24(18)15-8-6-5-7-14(15)20-17/h5-8,13,16H,3-4,9-12H2,1-2H3. The van der Waals surface area contributed by atoms with E-state index in [9.17, 15) is 0 Å². The van der Waals surface area contributed by atoms with Gasteiger partial charge in [-0.05, 0) is 26.0 Å². The molecule has 7 heteroatoms. The fourth-order valence-electron chi connectivity index (χ4n) is 3.63. The fourth-order valence-corrected chi connectivity index (χ4v) is 3.63. The second-order valence-electron chi connectivity index (χ2n) is 6.24. The van der Waals surface area contributed by atoms with Crippen LogP contribution in [0.15, 0.2) is 35.6 Å². The third-order valence-corrected chi connectivity index (χ3v) is 4.94. The van der Waals surface area contributed by atoms with Crippen LogP contribution in [-0.4, -0.2) is 69.8 Å². The smallest absolute Gasteiger partial charge is 0.162 e. The summed E-state index contributed by atoms with van der Waals surface area (Å²) in [5.41, 5.74) is 1.99. The van der Waals surface area contributed by atoms with Gasteiger partial charge in [-0.3, -0.25) is 9.47 Å². The van der Waals surface area contributed by atoms with Crippen molar-refractivity contribution in [1.82, 2.24) is 24.6 Å². The SMILES string of the molecule is CCN(CC)C1=Nc2ccccc2-n2cnnc2C1N1CCOCC1. The topological polar surface area (TPSA) is 58.8 Å². The molecule has 0 saturated carbocycles. The van der Waals surface area contributed by atoms with Crippen LogP contribution in [0.25, 0.3) is 5.69 Å². The minimum absolute atomic E-state index is 0.0151. The molecule has 1 saturated heterocycles. The van der Waals surface area contributed by atoms with Crippen LogP contribution in [0.3, 0.4) is 0 Å². The van der Waals surface area contributed by atoms with Gasteiger partial charge >= 0.3 is 0 Å². The first kappa shape index (κ1) is 16.2. The van der Waals surface area contributed by atoms with Crippen molar-refractivity contribution in [3.63, 3.8) is 0 Å². The molecule has 4 rings (SSSR count). The zero-order valence-corrected chi connectivity index (χ0v) is 14.8. The van der Waals surface area contributed by atoms with Crippen LogP contribution in [0.4, 0.5) is 5.69 Å². The molecule has 0 spiro atoms. The Bertz CT molecular complexity index is 760. The monoisotopic (exact) mass is 340 g/mol. The molecule has 0 radical (unpaired) electrons. The fraction of sp³-hybridized carbons (Fsp3) is 0.500. The van der Waals surface area contributed by atoms with Crippen molar-refractivity contribution in [1.29, 1.82) is 0 Å². The lowest BCUT2D eigenvalue weighted by atomic mass is 10.1. The van der Waals surface area contributed by atoms with Crippen LogP contribution in [0, 0.1) is 0 Å². The van der Waals surface area contributed by atoms with Crippen molar-refractivity contribution in [3.05, 3.63) is 36.4 Å². The summed E-state index contributed by atoms with van der Waals surface area (Å²) in [5, 5.41) is 8.71. The molecule has 1 atom stereocenters. The number of para-hydroxylation sites is 2. The van der Waals surface area contributed by atoms with Gasteiger partial charge in [0.25, 0.3) is 0 Å². The summed E-state index contributed by atoms with van der Waals surface area (Å²) in [6.07, 6.45) is 1.79. The van der Waals surface area contributed by atoms with Crippen LogP contribution < -0.4 is 0 Å². The van der Waals surface area contributed by atoms with Gasteiger partial charge in [0.1, 0.15) is 18.2 Å². The molecule has 2 aliphatic heterocycles. The van der Waals surface area contributed by atoms with Gasteiger partial charge in [0.2, 0.25) is 0 Å². The van der Waals surface area contributed by atoms with Crippen molar-refractivity contribution in [2.75, 3.05) is 39.4 Å². The number of amidine groups is 1. The number of nitrogens with zero attached hydrogens (tertiary/aromatic N) is 6. The molecule has 0 N–H and O–H groups in total. The summed E-state index contributed by atoms with van der Waals surface area (Å²) in [5.74, 6) is 1.98. The Labute approximate surface area is 147 Å². The minimum Gasteiger partial charge on any atom is -0.379 e. The number of hydrogen-bond donors (Lipinski definition) is 0. The van der Waals surface area contributed by atoms with E-state index in [1.54, 1.807) is 6.33 Å². The third-order valence-electron chi connectivity index (χ3n) is 4.94. The van der Waals surface area contributed by atoms with E-state index in [2.05, 4.69) is 50.5 Å². The second-order valence-corrected chi connectivity index (χ2v) is 6.24. The van der Waals surface area contributed by atoms with Crippen LogP contribution in [0.1, 0.15) is 25.7 Å². The predicted octanol–water partition coefficient (Wildman–Crippen LogP) is 2.03. The summed E-state index contributed by atoms with van der Waals surface area (Å²) in [4.78, 5) is 9.83. The molecule has 1 unspecified atom stereocenters. The van der Waals surface area contributed by atoms with E-state index >= 15 is 0 Å². The molecule has 3 heterocycles. The minimum atomic E-state index is -0.0151. The number of likely N-dealkylation sites (N-methyl/N-ethyl adjacent to an activating group) is 1. The highest BCUT2D eigenvalue weighted by molar-refractivity contribution is 5.92. The third kappa shape index (κ3) is 2.83. The summed E-state index contributed by atoms with van der Waals surface area (Å²) < 4.78 is 7.64. The number of hydrogen-bond acceptors (Lipinski definition) is 6. The summed E-state index contributed by atoms with van der Waals surface area (Å²) in [7, 11) is 0. The van der Waals surface area contributed by atoms with E-state index in [1.165, 1.54) is 0 Å². The lowest BCUT2D eigenvalue weighted by molar-refractivity contribution is 0.0252. The first-order valence-electron chi connectivity index (χ1n) is 8.98. The molecular formula is C18H24N6O. The normalized spacial score (nSPS) is 20.4. The molecule has 1 aromatic carbocycles. The molecule has 0 amide bonds. The Morgan fingerprint density at radius 2 is 1.92 bits per heavy atom. The van der Waals surface area contributed by atoms with Gasteiger partial charge in [0.05, 0.1) is 24.6 Å². The number of fused-ring (bicyclic) bond motifs is 3. The highest BCUT2D eigenvalue weighted by Gasteiger charge is 2.36. The summed E-state index contributed by atoms with van der Waals surface area (Å²) in [6.45, 7) is 9.38. The van der Waals surface area contributed by atoms with Crippen molar-refractivity contribution in [2.45, 2.75) is 19.9 Å². The van der Waals surface area contributed by atoms with Crippen LogP contribution in [0.5, 0.6) is 0 Å². The Kier molecular flexibility index (Phi) is 4.50. The number of aliphatic imine (C=N–C) groups is 1. The van der Waals surface area contributed by atoms with E-state index in [-0.39, 0.29) is 6.04 Å². The van der Waals surface area contributed by atoms with E-state index in [4.69, 9.17) is 9.73 Å². The highest BCUT2D eigenvalue weighted by Crippen LogP contribution is 2.34. The van der Waals surface area contributed by atoms with Crippen LogP contribution in [0.2, 0.25) is 0 Å². The average Bonchev–Trinajstić information content (AvgIpc) is 3.08. The van der Waals surface area contributed by atoms with Gasteiger partial charge in [-0.25, -0.2) is 4.99 Å². The maximum Gasteiger partial charge on any atom is 0.162 e. The van der Waals surface area contributed by atoms with E-state index in [0.717, 1.165) is 62.4 Å². The molecule has 1 aromatic heterocycles. The number of morpholine rings is 1. The maximum atomic E-state index is 5.56. The quantitative estimate of drug-likeness (QED) is 0.856. The van der Waals surface area contributed by atoms with E-state index in [1.807, 2.05) is 12.1 Å². The second kappa shape index (κ2) is 6.93. The molecule has 7 nitrogen and oxygen atoms in total. The number of benzene rings is 1. The maximum absolute atomic E-state index is 5.56. The Hall–Kier alpha value is -2.25.